The lowest BCUT2D eigenvalue weighted by Gasteiger charge is -2.27. The summed E-state index contributed by atoms with van der Waals surface area (Å²) < 4.78 is 28.8. The van der Waals surface area contributed by atoms with Crippen LogP contribution in [0.4, 0.5) is 14.5 Å². The zero-order valence-corrected chi connectivity index (χ0v) is 27.4. The molecule has 1 fully saturated rings. The first-order valence-corrected chi connectivity index (χ1v) is 16.3. The molecule has 2 aliphatic rings. The average Bonchev–Trinajstić information content (AvgIpc) is 3.59. The van der Waals surface area contributed by atoms with E-state index < -0.39 is 48.9 Å². The van der Waals surface area contributed by atoms with Crippen LogP contribution in [0, 0.1) is 17.8 Å². The molecule has 0 aliphatic carbocycles. The fraction of sp³-hybridized carbons (Fsp3) is 0.243. The number of benzene rings is 3. The second kappa shape index (κ2) is 14.4. The van der Waals surface area contributed by atoms with Gasteiger partial charge in [0.1, 0.15) is 11.0 Å². The standard InChI is InChI=1S/C37H31F2N5O5S/c38-17-21(18-39)19-43-20-28(23-7-3-8-24(15-23)34(40)50)26-12-11-25(16-30(26)43)41-31(45)10-2-1-5-22-6-4-9-27-33(22)37(49)44(36(27)48)29-13-14-32(46)42-35(29)47/h3-4,6-9,11-12,15-16,20-21,29H,2,10,13-14,17-19H2,(H2,40,50)(H,41,45)(H,42,46,47). The summed E-state index contributed by atoms with van der Waals surface area (Å²) >= 11 is 5.13. The molecule has 4 aromatic rings. The lowest BCUT2D eigenvalue weighted by Crippen LogP contribution is -2.54. The summed E-state index contributed by atoms with van der Waals surface area (Å²) in [6.45, 7) is -1.56. The number of thiocarbonyl (C=S) groups is 1. The highest BCUT2D eigenvalue weighted by Gasteiger charge is 2.45. The van der Waals surface area contributed by atoms with Crippen LogP contribution >= 0.6 is 12.2 Å². The SMILES string of the molecule is NC(=S)c1cccc(-c2cn(CC(CF)CF)c3cc(NC(=O)CCC#Cc4cccc5c4C(=O)N(C4CCC(=O)NC4=O)C5=O)ccc23)c1. The number of aromatic nitrogens is 1. The molecule has 0 spiro atoms. The van der Waals surface area contributed by atoms with E-state index in [9.17, 15) is 32.8 Å². The Morgan fingerprint density at radius 2 is 1.80 bits per heavy atom. The van der Waals surface area contributed by atoms with Gasteiger partial charge in [0.15, 0.2) is 0 Å². The molecule has 0 bridgehead atoms. The molecule has 1 atom stereocenters. The number of nitrogens with one attached hydrogen (secondary N) is 2. The quantitative estimate of drug-likeness (QED) is 0.124. The highest BCUT2D eigenvalue weighted by molar-refractivity contribution is 7.80. The minimum atomic E-state index is -1.09. The summed E-state index contributed by atoms with van der Waals surface area (Å²) in [6, 6.07) is 16.3. The van der Waals surface area contributed by atoms with Crippen LogP contribution < -0.4 is 16.4 Å². The van der Waals surface area contributed by atoms with Crippen LogP contribution in [0.2, 0.25) is 0 Å². The maximum atomic E-state index is 13.5. The van der Waals surface area contributed by atoms with E-state index in [2.05, 4.69) is 22.5 Å². The van der Waals surface area contributed by atoms with E-state index in [0.717, 1.165) is 21.4 Å². The molecular weight excluding hydrogens is 665 g/mol. The molecule has 4 N–H and O–H groups in total. The second-order valence-electron chi connectivity index (χ2n) is 12.1. The molecule has 1 unspecified atom stereocenters. The van der Waals surface area contributed by atoms with E-state index in [1.807, 2.05) is 30.5 Å². The molecule has 0 radical (unpaired) electrons. The van der Waals surface area contributed by atoms with Crippen molar-refractivity contribution in [3.8, 4) is 23.0 Å². The number of amides is 5. The minimum absolute atomic E-state index is 0.0120. The van der Waals surface area contributed by atoms with Crippen molar-refractivity contribution >= 4 is 63.3 Å². The summed E-state index contributed by atoms with van der Waals surface area (Å²) in [4.78, 5) is 64.4. The molecule has 3 aromatic carbocycles. The molecule has 0 saturated carbocycles. The topological polar surface area (TPSA) is 144 Å². The number of nitrogens with zero attached hydrogens (tertiary/aromatic N) is 2. The molecule has 50 heavy (non-hydrogen) atoms. The Bertz CT molecular complexity index is 2150. The first-order chi connectivity index (χ1) is 24.1. The summed E-state index contributed by atoms with van der Waals surface area (Å²) in [5.74, 6) is 2.15. The number of hydrogen-bond donors (Lipinski definition) is 3. The van der Waals surface area contributed by atoms with Crippen LogP contribution in [0.1, 0.15) is 57.5 Å². The number of nitrogens with two attached hydrogens (primary N) is 1. The predicted molar refractivity (Wildman–Crippen MR) is 187 cm³/mol. The van der Waals surface area contributed by atoms with Gasteiger partial charge in [-0.25, -0.2) is 0 Å². The fourth-order valence-electron chi connectivity index (χ4n) is 6.18. The number of halogens is 2. The van der Waals surface area contributed by atoms with Gasteiger partial charge >= 0.3 is 0 Å². The number of anilines is 1. The van der Waals surface area contributed by atoms with Crippen LogP contribution in [0.25, 0.3) is 22.0 Å². The predicted octanol–water partition coefficient (Wildman–Crippen LogP) is 4.67. The summed E-state index contributed by atoms with van der Waals surface area (Å²) in [6.07, 6.45) is 2.02. The summed E-state index contributed by atoms with van der Waals surface area (Å²) in [5.41, 5.74) is 9.80. The molecule has 1 saturated heterocycles. The van der Waals surface area contributed by atoms with Gasteiger partial charge in [0.05, 0.1) is 30.0 Å². The van der Waals surface area contributed by atoms with Crippen LogP contribution in [0.15, 0.2) is 66.9 Å². The third kappa shape index (κ3) is 6.75. The average molecular weight is 696 g/mol. The molecule has 10 nitrogen and oxygen atoms in total. The number of fused-ring (bicyclic) bond motifs is 2. The Kier molecular flexibility index (Phi) is 9.83. The Labute approximate surface area is 291 Å². The number of piperidine rings is 1. The van der Waals surface area contributed by atoms with E-state index in [0.29, 0.717) is 16.8 Å². The van der Waals surface area contributed by atoms with Gasteiger partial charge in [-0.05, 0) is 42.3 Å². The monoisotopic (exact) mass is 695 g/mol. The first kappa shape index (κ1) is 34.1. The van der Waals surface area contributed by atoms with Crippen LogP contribution in [0.5, 0.6) is 0 Å². The number of rotatable bonds is 10. The van der Waals surface area contributed by atoms with E-state index in [1.165, 1.54) is 6.07 Å². The molecule has 1 aromatic heterocycles. The van der Waals surface area contributed by atoms with Crippen LogP contribution in [0.3, 0.4) is 0 Å². The number of carbonyl (C=O) groups is 5. The third-order valence-electron chi connectivity index (χ3n) is 8.68. The van der Waals surface area contributed by atoms with Crippen molar-refractivity contribution in [2.75, 3.05) is 18.7 Å². The van der Waals surface area contributed by atoms with Crippen molar-refractivity contribution in [1.29, 1.82) is 0 Å². The molecular formula is C37H31F2N5O5S. The van der Waals surface area contributed by atoms with E-state index >= 15 is 0 Å². The normalized spacial score (nSPS) is 15.6. The molecule has 6 rings (SSSR count). The van der Waals surface area contributed by atoms with Gasteiger partial charge in [-0.1, -0.05) is 54.4 Å². The molecule has 2 aliphatic heterocycles. The summed E-state index contributed by atoms with van der Waals surface area (Å²) in [5, 5.41) is 5.83. The smallest absolute Gasteiger partial charge is 0.263 e. The minimum Gasteiger partial charge on any atom is -0.389 e. The van der Waals surface area contributed by atoms with Gasteiger partial charge in [0.2, 0.25) is 17.7 Å². The van der Waals surface area contributed by atoms with Crippen molar-refractivity contribution in [2.24, 2.45) is 11.7 Å². The number of alkyl halides is 2. The van der Waals surface area contributed by atoms with E-state index in [-0.39, 0.29) is 59.8 Å². The highest BCUT2D eigenvalue weighted by Crippen LogP contribution is 2.34. The maximum Gasteiger partial charge on any atom is 0.263 e. The Morgan fingerprint density at radius 1 is 1.02 bits per heavy atom. The number of carbonyl (C=O) groups excluding carboxylic acids is 5. The van der Waals surface area contributed by atoms with Crippen molar-refractivity contribution in [3.63, 3.8) is 0 Å². The third-order valence-corrected chi connectivity index (χ3v) is 8.92. The second-order valence-corrected chi connectivity index (χ2v) is 12.5. The summed E-state index contributed by atoms with van der Waals surface area (Å²) in [7, 11) is 0. The number of imide groups is 2. The van der Waals surface area contributed by atoms with Gasteiger partial charge in [-0.2, -0.15) is 0 Å². The first-order valence-electron chi connectivity index (χ1n) is 15.9. The van der Waals surface area contributed by atoms with Gasteiger partial charge in [0, 0.05) is 65.7 Å². The Morgan fingerprint density at radius 3 is 2.54 bits per heavy atom. The zero-order chi connectivity index (χ0) is 35.5. The van der Waals surface area contributed by atoms with Crippen molar-refractivity contribution < 1.29 is 32.8 Å². The molecule has 254 valence electrons. The van der Waals surface area contributed by atoms with E-state index in [1.54, 1.807) is 34.9 Å². The molecule has 5 amide bonds. The largest absolute Gasteiger partial charge is 0.389 e. The van der Waals surface area contributed by atoms with Crippen LogP contribution in [-0.4, -0.2) is 63.4 Å². The van der Waals surface area contributed by atoms with Crippen molar-refractivity contribution in [2.45, 2.75) is 38.3 Å². The van der Waals surface area contributed by atoms with Crippen LogP contribution in [-0.2, 0) is 20.9 Å². The Balaban J connectivity index is 1.17. The lowest BCUT2D eigenvalue weighted by molar-refractivity contribution is -0.136. The zero-order valence-electron chi connectivity index (χ0n) is 26.6. The van der Waals surface area contributed by atoms with Gasteiger partial charge in [-0.3, -0.25) is 43.0 Å². The molecule has 13 heteroatoms. The lowest BCUT2D eigenvalue weighted by atomic mass is 10.0. The number of hydrogen-bond acceptors (Lipinski definition) is 6. The fourth-order valence-corrected chi connectivity index (χ4v) is 6.31. The van der Waals surface area contributed by atoms with Gasteiger partial charge in [0.25, 0.3) is 11.8 Å². The highest BCUT2D eigenvalue weighted by atomic mass is 32.1. The van der Waals surface area contributed by atoms with Crippen molar-refractivity contribution in [3.05, 3.63) is 89.1 Å². The Hall–Kier alpha value is -5.74. The van der Waals surface area contributed by atoms with Gasteiger partial charge in [-0.15, -0.1) is 0 Å². The van der Waals surface area contributed by atoms with Gasteiger partial charge < -0.3 is 15.6 Å². The van der Waals surface area contributed by atoms with E-state index in [4.69, 9.17) is 18.0 Å². The molecule has 3 heterocycles. The maximum absolute atomic E-state index is 13.5. The van der Waals surface area contributed by atoms with Crippen molar-refractivity contribution in [1.82, 2.24) is 14.8 Å².